The molecule has 0 radical (unpaired) electrons. The van der Waals surface area contributed by atoms with Crippen molar-refractivity contribution in [2.24, 2.45) is 0 Å². The van der Waals surface area contributed by atoms with Crippen molar-refractivity contribution in [3.63, 3.8) is 0 Å². The van der Waals surface area contributed by atoms with Gasteiger partial charge < -0.3 is 19.1 Å². The average Bonchev–Trinajstić information content (AvgIpc) is 2.84. The van der Waals surface area contributed by atoms with Gasteiger partial charge in [-0.1, -0.05) is 0 Å². The van der Waals surface area contributed by atoms with Gasteiger partial charge in [0.25, 0.3) is 0 Å². The van der Waals surface area contributed by atoms with Crippen LogP contribution in [0.25, 0.3) is 6.08 Å². The van der Waals surface area contributed by atoms with Crippen molar-refractivity contribution in [2.45, 2.75) is 27.0 Å². The first-order chi connectivity index (χ1) is 10.5. The minimum atomic E-state index is -1.03. The van der Waals surface area contributed by atoms with Gasteiger partial charge in [0.2, 0.25) is 0 Å². The van der Waals surface area contributed by atoms with Crippen LogP contribution in [0, 0.1) is 11.3 Å². The zero-order valence-corrected chi connectivity index (χ0v) is 12.5. The van der Waals surface area contributed by atoms with Gasteiger partial charge in [0, 0.05) is 18.0 Å². The molecule has 1 heterocycles. The lowest BCUT2D eigenvalue weighted by molar-refractivity contribution is -0.138. The average molecular weight is 306 g/mol. The second-order valence-corrected chi connectivity index (χ2v) is 4.26. The molecule has 0 spiro atoms. The van der Waals surface area contributed by atoms with Gasteiger partial charge in [-0.25, -0.2) is 4.79 Å². The second-order valence-electron chi connectivity index (χ2n) is 4.26. The maximum atomic E-state index is 11.6. The third-order valence-electron chi connectivity index (χ3n) is 2.76. The molecule has 0 bridgehead atoms. The molecule has 1 rings (SSSR count). The minimum Gasteiger partial charge on any atom is -0.480 e. The Kier molecular flexibility index (Phi) is 6.86. The molecule has 118 valence electrons. The van der Waals surface area contributed by atoms with E-state index in [1.54, 1.807) is 25.1 Å². The summed E-state index contributed by atoms with van der Waals surface area (Å²) in [5, 5.41) is 18.0. The number of carboxylic acid groups (broad SMARTS) is 1. The first kappa shape index (κ1) is 17.5. The molecule has 0 unspecified atom stereocenters. The first-order valence-corrected chi connectivity index (χ1v) is 6.80. The van der Waals surface area contributed by atoms with E-state index < -0.39 is 11.9 Å². The summed E-state index contributed by atoms with van der Waals surface area (Å²) in [7, 11) is 0. The second kappa shape index (κ2) is 8.64. The number of ether oxygens (including phenoxy) is 2. The van der Waals surface area contributed by atoms with Crippen LogP contribution < -0.4 is 0 Å². The van der Waals surface area contributed by atoms with Crippen LogP contribution in [-0.2, 0) is 32.2 Å². The van der Waals surface area contributed by atoms with E-state index in [-0.39, 0.29) is 25.3 Å². The van der Waals surface area contributed by atoms with Crippen LogP contribution in [0.5, 0.6) is 0 Å². The molecule has 0 saturated carbocycles. The standard InChI is InChI=1S/C15H18N2O5/c1-3-21-10-13-6-5-12(17(13)9-14(18)19)7-11(8-16)15(20)22-4-2/h5-7H,3-4,9-10H2,1-2H3,(H,18,19). The highest BCUT2D eigenvalue weighted by Crippen LogP contribution is 2.15. The first-order valence-electron chi connectivity index (χ1n) is 6.80. The van der Waals surface area contributed by atoms with Gasteiger partial charge in [0.15, 0.2) is 0 Å². The Morgan fingerprint density at radius 2 is 2.09 bits per heavy atom. The van der Waals surface area contributed by atoms with Gasteiger partial charge in [-0.05, 0) is 32.1 Å². The number of aromatic nitrogens is 1. The van der Waals surface area contributed by atoms with Crippen LogP contribution in [0.1, 0.15) is 25.2 Å². The van der Waals surface area contributed by atoms with Crippen molar-refractivity contribution < 1.29 is 24.2 Å². The van der Waals surface area contributed by atoms with Crippen LogP contribution in [-0.4, -0.2) is 34.8 Å². The molecule has 0 aliphatic rings. The number of carbonyl (C=O) groups is 2. The molecular weight excluding hydrogens is 288 g/mol. The summed E-state index contributed by atoms with van der Waals surface area (Å²) in [6.07, 6.45) is 1.32. The molecule has 0 amide bonds. The zero-order valence-electron chi connectivity index (χ0n) is 12.5. The summed E-state index contributed by atoms with van der Waals surface area (Å²) in [5.74, 6) is -1.77. The number of rotatable bonds is 8. The van der Waals surface area contributed by atoms with E-state index in [9.17, 15) is 9.59 Å². The summed E-state index contributed by atoms with van der Waals surface area (Å²) in [6.45, 7) is 4.08. The summed E-state index contributed by atoms with van der Waals surface area (Å²) in [4.78, 5) is 22.6. The lowest BCUT2D eigenvalue weighted by Crippen LogP contribution is -2.14. The Balaban J connectivity index is 3.16. The molecule has 1 N–H and O–H groups in total. The molecule has 1 aromatic heterocycles. The predicted octanol–water partition coefficient (Wildman–Crippen LogP) is 1.58. The summed E-state index contributed by atoms with van der Waals surface area (Å²) >= 11 is 0. The van der Waals surface area contributed by atoms with Crippen molar-refractivity contribution >= 4 is 18.0 Å². The normalized spacial score (nSPS) is 11.0. The van der Waals surface area contributed by atoms with E-state index in [1.165, 1.54) is 10.6 Å². The Morgan fingerprint density at radius 1 is 1.36 bits per heavy atom. The lowest BCUT2D eigenvalue weighted by Gasteiger charge is -2.09. The van der Waals surface area contributed by atoms with E-state index in [0.29, 0.717) is 18.0 Å². The maximum Gasteiger partial charge on any atom is 0.348 e. The van der Waals surface area contributed by atoms with E-state index in [2.05, 4.69) is 0 Å². The number of hydrogen-bond acceptors (Lipinski definition) is 5. The van der Waals surface area contributed by atoms with Crippen LogP contribution in [0.15, 0.2) is 17.7 Å². The minimum absolute atomic E-state index is 0.156. The molecule has 0 saturated heterocycles. The van der Waals surface area contributed by atoms with E-state index in [4.69, 9.17) is 19.8 Å². The Morgan fingerprint density at radius 3 is 2.64 bits per heavy atom. The maximum absolute atomic E-state index is 11.6. The SMILES string of the molecule is CCOCc1ccc(C=C(C#N)C(=O)OCC)n1CC(=O)O. The molecule has 7 nitrogen and oxygen atoms in total. The van der Waals surface area contributed by atoms with Crippen LogP contribution in [0.4, 0.5) is 0 Å². The highest BCUT2D eigenvalue weighted by atomic mass is 16.5. The van der Waals surface area contributed by atoms with Crippen molar-refractivity contribution in [1.82, 2.24) is 4.57 Å². The summed E-state index contributed by atoms with van der Waals surface area (Å²) < 4.78 is 11.5. The lowest BCUT2D eigenvalue weighted by atomic mass is 10.2. The predicted molar refractivity (Wildman–Crippen MR) is 77.6 cm³/mol. The van der Waals surface area contributed by atoms with Gasteiger partial charge in [0.1, 0.15) is 18.2 Å². The fraction of sp³-hybridized carbons (Fsp3) is 0.400. The molecule has 0 aromatic carbocycles. The molecule has 0 aliphatic heterocycles. The fourth-order valence-corrected chi connectivity index (χ4v) is 1.81. The largest absolute Gasteiger partial charge is 0.480 e. The van der Waals surface area contributed by atoms with Crippen LogP contribution in [0.2, 0.25) is 0 Å². The zero-order chi connectivity index (χ0) is 16.5. The molecule has 0 fully saturated rings. The quantitative estimate of drug-likeness (QED) is 0.444. The molecule has 22 heavy (non-hydrogen) atoms. The van der Waals surface area contributed by atoms with Crippen molar-refractivity contribution in [1.29, 1.82) is 5.26 Å². The summed E-state index contributed by atoms with van der Waals surface area (Å²) in [6, 6.07) is 5.09. The van der Waals surface area contributed by atoms with E-state index in [0.717, 1.165) is 0 Å². The van der Waals surface area contributed by atoms with Crippen molar-refractivity contribution in [2.75, 3.05) is 13.2 Å². The smallest absolute Gasteiger partial charge is 0.348 e. The number of esters is 1. The van der Waals surface area contributed by atoms with Crippen molar-refractivity contribution in [3.05, 3.63) is 29.1 Å². The van der Waals surface area contributed by atoms with Crippen LogP contribution >= 0.6 is 0 Å². The third kappa shape index (κ3) is 4.75. The molecule has 0 atom stereocenters. The van der Waals surface area contributed by atoms with E-state index >= 15 is 0 Å². The number of nitrogens with zero attached hydrogens (tertiary/aromatic N) is 2. The van der Waals surface area contributed by atoms with Crippen LogP contribution in [0.3, 0.4) is 0 Å². The molecule has 1 aromatic rings. The van der Waals surface area contributed by atoms with Crippen molar-refractivity contribution in [3.8, 4) is 6.07 Å². The number of carboxylic acids is 1. The third-order valence-corrected chi connectivity index (χ3v) is 2.76. The number of aliphatic carboxylic acids is 1. The Bertz CT molecular complexity index is 610. The topological polar surface area (TPSA) is 102 Å². The highest BCUT2D eigenvalue weighted by molar-refractivity contribution is 5.97. The molecular formula is C15H18N2O5. The molecule has 7 heteroatoms. The van der Waals surface area contributed by atoms with Gasteiger partial charge in [0.05, 0.1) is 13.2 Å². The fourth-order valence-electron chi connectivity index (χ4n) is 1.81. The number of nitriles is 1. The van der Waals surface area contributed by atoms with Gasteiger partial charge in [-0.2, -0.15) is 5.26 Å². The number of carbonyl (C=O) groups excluding carboxylic acids is 1. The number of hydrogen-bond donors (Lipinski definition) is 1. The summed E-state index contributed by atoms with van der Waals surface area (Å²) in [5.41, 5.74) is 0.896. The van der Waals surface area contributed by atoms with Gasteiger partial charge in [-0.3, -0.25) is 4.79 Å². The van der Waals surface area contributed by atoms with E-state index in [1.807, 2.05) is 6.92 Å². The van der Waals surface area contributed by atoms with Gasteiger partial charge in [-0.15, -0.1) is 0 Å². The monoisotopic (exact) mass is 306 g/mol. The van der Waals surface area contributed by atoms with Gasteiger partial charge >= 0.3 is 11.9 Å². The Labute approximate surface area is 128 Å². The highest BCUT2D eigenvalue weighted by Gasteiger charge is 2.14. The molecule has 0 aliphatic carbocycles. The Hall–Kier alpha value is -2.59.